The first kappa shape index (κ1) is 27.5. The molecule has 10 aromatic rings. The van der Waals surface area contributed by atoms with Crippen LogP contribution in [0, 0.1) is 0 Å². The van der Waals surface area contributed by atoms with E-state index >= 15 is 0 Å². The Kier molecular flexibility index (Phi) is 6.27. The average Bonchev–Trinajstić information content (AvgIpc) is 3.72. The SMILES string of the molecule is c1ccc(-c2cc(-c3ccc4oc5ccccc5c4c3)cc(-c3ccc4[se]c5c(-c6ccc7ccccc7c6)cccc5c4c3)c2)cc1. The molecule has 10 rings (SSSR count). The fourth-order valence-corrected chi connectivity index (χ4v) is 9.78. The van der Waals surface area contributed by atoms with Gasteiger partial charge in [0.05, 0.1) is 0 Å². The Balaban J connectivity index is 1.14. The van der Waals surface area contributed by atoms with E-state index in [-0.39, 0.29) is 14.5 Å². The van der Waals surface area contributed by atoms with Gasteiger partial charge in [-0.1, -0.05) is 12.1 Å². The van der Waals surface area contributed by atoms with Gasteiger partial charge in [-0.25, -0.2) is 0 Å². The van der Waals surface area contributed by atoms with E-state index < -0.39 is 0 Å². The molecule has 0 aliphatic heterocycles. The molecule has 8 aromatic carbocycles. The molecule has 0 fully saturated rings. The normalized spacial score (nSPS) is 11.8. The Morgan fingerprint density at radius 1 is 0.333 bits per heavy atom. The second-order valence-electron chi connectivity index (χ2n) is 12.5. The molecule has 0 spiro atoms. The van der Waals surface area contributed by atoms with Gasteiger partial charge in [-0.15, -0.1) is 0 Å². The van der Waals surface area contributed by atoms with Crippen LogP contribution in [0.25, 0.3) is 96.5 Å². The van der Waals surface area contributed by atoms with Crippen molar-refractivity contribution in [1.29, 1.82) is 0 Å². The van der Waals surface area contributed by atoms with Crippen LogP contribution in [0.1, 0.15) is 0 Å². The first-order valence-corrected chi connectivity index (χ1v) is 18.0. The van der Waals surface area contributed by atoms with Gasteiger partial charge in [-0.05, 0) is 6.07 Å². The molecule has 0 N–H and O–H groups in total. The van der Waals surface area contributed by atoms with Crippen LogP contribution < -0.4 is 0 Å². The summed E-state index contributed by atoms with van der Waals surface area (Å²) >= 11 is 0.241. The van der Waals surface area contributed by atoms with Crippen molar-refractivity contribution < 1.29 is 4.42 Å². The van der Waals surface area contributed by atoms with E-state index in [0.717, 1.165) is 21.9 Å². The summed E-state index contributed by atoms with van der Waals surface area (Å²) in [5, 5.41) is 7.59. The van der Waals surface area contributed by atoms with Crippen molar-refractivity contribution in [2.75, 3.05) is 0 Å². The van der Waals surface area contributed by atoms with Gasteiger partial charge in [0.2, 0.25) is 0 Å². The van der Waals surface area contributed by atoms with Crippen LogP contribution in [0.2, 0.25) is 0 Å². The topological polar surface area (TPSA) is 13.1 Å². The molecule has 2 aromatic heterocycles. The Morgan fingerprint density at radius 3 is 1.83 bits per heavy atom. The molecular formula is C46H28OSe. The van der Waals surface area contributed by atoms with Crippen LogP contribution in [0.5, 0.6) is 0 Å². The fourth-order valence-electron chi connectivity index (χ4n) is 7.23. The van der Waals surface area contributed by atoms with E-state index in [0.29, 0.717) is 0 Å². The van der Waals surface area contributed by atoms with Gasteiger partial charge < -0.3 is 0 Å². The van der Waals surface area contributed by atoms with E-state index in [1.165, 1.54) is 74.6 Å². The molecule has 0 bridgehead atoms. The maximum absolute atomic E-state index is 6.16. The maximum atomic E-state index is 6.16. The molecule has 1 nitrogen and oxygen atoms in total. The fraction of sp³-hybridized carbons (Fsp3) is 0. The number of benzene rings is 8. The zero-order chi connectivity index (χ0) is 31.6. The van der Waals surface area contributed by atoms with Gasteiger partial charge in [-0.3, -0.25) is 0 Å². The average molecular weight is 676 g/mol. The Morgan fingerprint density at radius 2 is 0.979 bits per heavy atom. The molecule has 0 unspecified atom stereocenters. The monoisotopic (exact) mass is 676 g/mol. The second-order valence-corrected chi connectivity index (χ2v) is 14.7. The van der Waals surface area contributed by atoms with Crippen molar-refractivity contribution in [2.24, 2.45) is 0 Å². The molecule has 2 heterocycles. The third-order valence-corrected chi connectivity index (χ3v) is 12.2. The predicted octanol–water partition coefficient (Wildman–Crippen LogP) is 12.8. The van der Waals surface area contributed by atoms with Gasteiger partial charge in [0, 0.05) is 0 Å². The number of hydrogen-bond donors (Lipinski definition) is 0. The van der Waals surface area contributed by atoms with Crippen LogP contribution in [0.15, 0.2) is 174 Å². The molecule has 0 aliphatic rings. The third-order valence-electron chi connectivity index (χ3n) is 9.64. The minimum absolute atomic E-state index is 0.241. The number of furan rings is 1. The molecule has 0 amide bonds. The molecule has 0 aliphatic carbocycles. The van der Waals surface area contributed by atoms with Gasteiger partial charge in [0.15, 0.2) is 0 Å². The molecule has 0 atom stereocenters. The van der Waals surface area contributed by atoms with Crippen LogP contribution in [0.3, 0.4) is 0 Å². The molecular weight excluding hydrogens is 647 g/mol. The van der Waals surface area contributed by atoms with Crippen molar-refractivity contribution >= 4 is 66.5 Å². The summed E-state index contributed by atoms with van der Waals surface area (Å²) in [5.74, 6) is 0. The number of fused-ring (bicyclic) bond motifs is 7. The van der Waals surface area contributed by atoms with Gasteiger partial charge in [0.25, 0.3) is 0 Å². The van der Waals surface area contributed by atoms with Crippen LogP contribution >= 0.6 is 0 Å². The Hall–Kier alpha value is -5.66. The summed E-state index contributed by atoms with van der Waals surface area (Å²) in [6.45, 7) is 0. The molecule has 2 heteroatoms. The van der Waals surface area contributed by atoms with Crippen molar-refractivity contribution in [3.05, 3.63) is 170 Å². The molecule has 224 valence electrons. The summed E-state index contributed by atoms with van der Waals surface area (Å²) in [6, 6.07) is 62.1. The van der Waals surface area contributed by atoms with E-state index in [1.807, 2.05) is 12.1 Å². The quantitative estimate of drug-likeness (QED) is 0.169. The minimum atomic E-state index is 0.241. The van der Waals surface area contributed by atoms with Crippen LogP contribution in [-0.4, -0.2) is 14.5 Å². The van der Waals surface area contributed by atoms with Crippen LogP contribution in [0.4, 0.5) is 0 Å². The zero-order valence-corrected chi connectivity index (χ0v) is 27.7. The van der Waals surface area contributed by atoms with Crippen LogP contribution in [-0.2, 0) is 0 Å². The van der Waals surface area contributed by atoms with Crippen molar-refractivity contribution in [3.63, 3.8) is 0 Å². The third kappa shape index (κ3) is 4.53. The number of rotatable bonds is 4. The Labute approximate surface area is 284 Å². The van der Waals surface area contributed by atoms with Crippen molar-refractivity contribution in [2.45, 2.75) is 0 Å². The summed E-state index contributed by atoms with van der Waals surface area (Å²) in [5.41, 5.74) is 11.8. The molecule has 0 saturated carbocycles. The zero-order valence-electron chi connectivity index (χ0n) is 26.0. The van der Waals surface area contributed by atoms with Crippen molar-refractivity contribution in [1.82, 2.24) is 0 Å². The van der Waals surface area contributed by atoms with E-state index in [9.17, 15) is 0 Å². The first-order valence-electron chi connectivity index (χ1n) is 16.3. The summed E-state index contributed by atoms with van der Waals surface area (Å²) < 4.78 is 9.09. The summed E-state index contributed by atoms with van der Waals surface area (Å²) in [4.78, 5) is 0. The first-order chi connectivity index (χ1) is 23.7. The molecule has 0 saturated heterocycles. The van der Waals surface area contributed by atoms with E-state index in [1.54, 1.807) is 0 Å². The number of hydrogen-bond acceptors (Lipinski definition) is 1. The Bertz CT molecular complexity index is 2840. The summed E-state index contributed by atoms with van der Waals surface area (Å²) in [7, 11) is 0. The van der Waals surface area contributed by atoms with E-state index in [2.05, 4.69) is 158 Å². The molecule has 0 radical (unpaired) electrons. The second kappa shape index (κ2) is 11.0. The van der Waals surface area contributed by atoms with Gasteiger partial charge >= 0.3 is 267 Å². The number of para-hydroxylation sites is 1. The standard InChI is InChI=1S/C46H28OSe/c1-2-9-29(10-3-1)35-24-36(32-19-21-44-41(27-32)39-13-6-7-16-43(39)47-44)26-37(25-35)33-20-22-45-42(28-33)40-15-8-14-38(46(40)48-45)34-18-17-30-11-4-5-12-31(30)23-34/h1-28H. The molecule has 48 heavy (non-hydrogen) atoms. The van der Waals surface area contributed by atoms with Gasteiger partial charge in [0.1, 0.15) is 0 Å². The van der Waals surface area contributed by atoms with Gasteiger partial charge in [-0.2, -0.15) is 0 Å². The summed E-state index contributed by atoms with van der Waals surface area (Å²) in [6.07, 6.45) is 0. The van der Waals surface area contributed by atoms with E-state index in [4.69, 9.17) is 4.42 Å². The van der Waals surface area contributed by atoms with Crippen molar-refractivity contribution in [3.8, 4) is 44.5 Å². The predicted molar refractivity (Wildman–Crippen MR) is 205 cm³/mol.